The molecule has 1 amide bonds. The lowest BCUT2D eigenvalue weighted by atomic mass is 10.2. The third-order valence-corrected chi connectivity index (χ3v) is 5.95. The van der Waals surface area contributed by atoms with E-state index in [0.29, 0.717) is 6.42 Å². The van der Waals surface area contributed by atoms with Gasteiger partial charge in [-0.25, -0.2) is 4.98 Å². The van der Waals surface area contributed by atoms with E-state index in [-0.39, 0.29) is 5.91 Å². The smallest absolute Gasteiger partial charge is 0.228 e. The van der Waals surface area contributed by atoms with Crippen molar-refractivity contribution in [2.24, 2.45) is 0 Å². The fourth-order valence-electron chi connectivity index (χ4n) is 3.35. The molecule has 0 aromatic carbocycles. The number of rotatable bonds is 11. The van der Waals surface area contributed by atoms with Gasteiger partial charge in [0, 0.05) is 38.1 Å². The van der Waals surface area contributed by atoms with E-state index in [2.05, 4.69) is 16.8 Å². The minimum Gasteiger partial charge on any atom is -0.462 e. The molecule has 3 heterocycles. The van der Waals surface area contributed by atoms with Crippen LogP contribution in [0.2, 0.25) is 0 Å². The molecule has 154 valence electrons. The van der Waals surface area contributed by atoms with E-state index in [1.54, 1.807) is 6.26 Å². The van der Waals surface area contributed by atoms with E-state index in [4.69, 9.17) is 9.15 Å². The van der Waals surface area contributed by atoms with E-state index >= 15 is 0 Å². The van der Waals surface area contributed by atoms with Crippen molar-refractivity contribution in [2.45, 2.75) is 39.0 Å². The van der Waals surface area contributed by atoms with Gasteiger partial charge in [0.05, 0.1) is 31.6 Å². The summed E-state index contributed by atoms with van der Waals surface area (Å²) in [6.45, 7) is 8.22. The highest BCUT2D eigenvalue weighted by atomic mass is 32.1. The number of ether oxygens (including phenoxy) is 1. The van der Waals surface area contributed by atoms with Gasteiger partial charge in [0.25, 0.3) is 0 Å². The van der Waals surface area contributed by atoms with E-state index in [0.717, 1.165) is 68.8 Å². The van der Waals surface area contributed by atoms with Crippen molar-refractivity contribution in [2.75, 3.05) is 45.9 Å². The van der Waals surface area contributed by atoms with Crippen LogP contribution in [0.4, 0.5) is 0 Å². The number of hydrogen-bond acceptors (Lipinski definition) is 6. The summed E-state index contributed by atoms with van der Waals surface area (Å²) in [5, 5.41) is 2.79. The standard InChI is InChI=1S/C21H31N3O3S/c1-2-3-4-5-8-24(10-9-23-11-14-26-15-12-23)20(25)16-18-17-28-21(22-18)19-7-6-13-27-19/h6-7,13,17H,2-5,8-12,14-16H2,1H3. The molecular weight excluding hydrogens is 374 g/mol. The first kappa shape index (κ1) is 21.0. The molecule has 0 unspecified atom stereocenters. The van der Waals surface area contributed by atoms with Crippen molar-refractivity contribution in [3.05, 3.63) is 29.5 Å². The summed E-state index contributed by atoms with van der Waals surface area (Å²) >= 11 is 1.52. The normalized spacial score (nSPS) is 15.0. The van der Waals surface area contributed by atoms with Gasteiger partial charge in [-0.2, -0.15) is 0 Å². The predicted molar refractivity (Wildman–Crippen MR) is 112 cm³/mol. The average Bonchev–Trinajstić information content (AvgIpc) is 3.40. The van der Waals surface area contributed by atoms with Crippen LogP contribution < -0.4 is 0 Å². The molecule has 1 fully saturated rings. The molecule has 1 aliphatic rings. The molecular formula is C21H31N3O3S. The van der Waals surface area contributed by atoms with Crippen molar-refractivity contribution in [1.29, 1.82) is 0 Å². The van der Waals surface area contributed by atoms with Crippen LogP contribution in [0.1, 0.15) is 38.3 Å². The summed E-state index contributed by atoms with van der Waals surface area (Å²) in [5.41, 5.74) is 0.825. The first-order valence-electron chi connectivity index (χ1n) is 10.3. The molecule has 6 nitrogen and oxygen atoms in total. The Morgan fingerprint density at radius 2 is 2.11 bits per heavy atom. The second-order valence-electron chi connectivity index (χ2n) is 7.19. The molecule has 0 aliphatic carbocycles. The van der Waals surface area contributed by atoms with Gasteiger partial charge in [-0.05, 0) is 18.6 Å². The fourth-order valence-corrected chi connectivity index (χ4v) is 4.13. The Kier molecular flexibility index (Phi) is 8.51. The molecule has 0 bridgehead atoms. The molecule has 1 aliphatic heterocycles. The summed E-state index contributed by atoms with van der Waals surface area (Å²) in [6.07, 6.45) is 6.67. The van der Waals surface area contributed by atoms with Crippen molar-refractivity contribution in [1.82, 2.24) is 14.8 Å². The van der Waals surface area contributed by atoms with Gasteiger partial charge in [-0.15, -0.1) is 11.3 Å². The second-order valence-corrected chi connectivity index (χ2v) is 8.05. The lowest BCUT2D eigenvalue weighted by Crippen LogP contribution is -2.43. The fraction of sp³-hybridized carbons (Fsp3) is 0.619. The van der Waals surface area contributed by atoms with Crippen molar-refractivity contribution in [3.63, 3.8) is 0 Å². The monoisotopic (exact) mass is 405 g/mol. The number of furan rings is 1. The predicted octanol–water partition coefficient (Wildman–Crippen LogP) is 3.69. The van der Waals surface area contributed by atoms with Crippen LogP contribution in [0, 0.1) is 0 Å². The number of amides is 1. The zero-order valence-corrected chi connectivity index (χ0v) is 17.6. The van der Waals surface area contributed by atoms with Gasteiger partial charge < -0.3 is 14.1 Å². The summed E-state index contributed by atoms with van der Waals surface area (Å²) in [4.78, 5) is 22.0. The Morgan fingerprint density at radius 1 is 1.25 bits per heavy atom. The number of carbonyl (C=O) groups is 1. The van der Waals surface area contributed by atoms with Crippen LogP contribution in [0.3, 0.4) is 0 Å². The van der Waals surface area contributed by atoms with Gasteiger partial charge in [-0.3, -0.25) is 9.69 Å². The quantitative estimate of drug-likeness (QED) is 0.534. The summed E-state index contributed by atoms with van der Waals surface area (Å²) < 4.78 is 10.8. The third kappa shape index (κ3) is 6.43. The van der Waals surface area contributed by atoms with Gasteiger partial charge >= 0.3 is 0 Å². The molecule has 7 heteroatoms. The number of aromatic nitrogens is 1. The number of carbonyl (C=O) groups excluding carboxylic acids is 1. The maximum Gasteiger partial charge on any atom is 0.228 e. The minimum absolute atomic E-state index is 0.168. The van der Waals surface area contributed by atoms with Gasteiger partial charge in [-0.1, -0.05) is 26.2 Å². The SMILES string of the molecule is CCCCCCN(CCN1CCOCC1)C(=O)Cc1csc(-c2ccco2)n1. The van der Waals surface area contributed by atoms with E-state index in [1.165, 1.54) is 30.6 Å². The van der Waals surface area contributed by atoms with E-state index in [9.17, 15) is 4.79 Å². The highest BCUT2D eigenvalue weighted by Gasteiger charge is 2.18. The number of nitrogens with zero attached hydrogens (tertiary/aromatic N) is 3. The largest absolute Gasteiger partial charge is 0.462 e. The Morgan fingerprint density at radius 3 is 2.86 bits per heavy atom. The van der Waals surface area contributed by atoms with Crippen LogP contribution in [0.15, 0.2) is 28.2 Å². The number of thiazole rings is 1. The van der Waals surface area contributed by atoms with Crippen LogP contribution in [-0.4, -0.2) is 66.6 Å². The Labute approximate surface area is 171 Å². The molecule has 1 saturated heterocycles. The van der Waals surface area contributed by atoms with Gasteiger partial charge in [0.15, 0.2) is 10.8 Å². The Hall–Kier alpha value is -1.70. The lowest BCUT2D eigenvalue weighted by Gasteiger charge is -2.30. The van der Waals surface area contributed by atoms with Crippen LogP contribution in [-0.2, 0) is 16.0 Å². The third-order valence-electron chi connectivity index (χ3n) is 5.04. The molecule has 2 aromatic heterocycles. The highest BCUT2D eigenvalue weighted by Crippen LogP contribution is 2.24. The molecule has 2 aromatic rings. The molecule has 0 N–H and O–H groups in total. The maximum absolute atomic E-state index is 13.0. The lowest BCUT2D eigenvalue weighted by molar-refractivity contribution is -0.131. The van der Waals surface area contributed by atoms with Gasteiger partial charge in [0.1, 0.15) is 0 Å². The van der Waals surface area contributed by atoms with Crippen LogP contribution in [0.25, 0.3) is 10.8 Å². The zero-order chi connectivity index (χ0) is 19.6. The number of hydrogen-bond donors (Lipinski definition) is 0. The average molecular weight is 406 g/mol. The summed E-state index contributed by atoms with van der Waals surface area (Å²) in [7, 11) is 0. The zero-order valence-electron chi connectivity index (χ0n) is 16.8. The van der Waals surface area contributed by atoms with Crippen molar-refractivity contribution >= 4 is 17.2 Å². The molecule has 0 atom stereocenters. The van der Waals surface area contributed by atoms with Crippen molar-refractivity contribution < 1.29 is 13.9 Å². The maximum atomic E-state index is 13.0. The molecule has 28 heavy (non-hydrogen) atoms. The van der Waals surface area contributed by atoms with E-state index in [1.807, 2.05) is 22.4 Å². The Balaban J connectivity index is 1.54. The molecule has 0 radical (unpaired) electrons. The van der Waals surface area contributed by atoms with Crippen molar-refractivity contribution in [3.8, 4) is 10.8 Å². The van der Waals surface area contributed by atoms with Crippen LogP contribution >= 0.6 is 11.3 Å². The van der Waals surface area contributed by atoms with E-state index < -0.39 is 0 Å². The Bertz CT molecular complexity index is 696. The molecule has 0 spiro atoms. The minimum atomic E-state index is 0.168. The van der Waals surface area contributed by atoms with Crippen LogP contribution in [0.5, 0.6) is 0 Å². The topological polar surface area (TPSA) is 58.8 Å². The first-order chi connectivity index (χ1) is 13.8. The summed E-state index contributed by atoms with van der Waals surface area (Å²) in [6, 6.07) is 3.75. The van der Waals surface area contributed by atoms with Gasteiger partial charge in [0.2, 0.25) is 5.91 Å². The second kappa shape index (κ2) is 11.3. The molecule has 3 rings (SSSR count). The highest BCUT2D eigenvalue weighted by molar-refractivity contribution is 7.13. The number of unbranched alkanes of at least 4 members (excludes halogenated alkanes) is 3. The number of morpholine rings is 1. The molecule has 0 saturated carbocycles. The first-order valence-corrected chi connectivity index (χ1v) is 11.2. The summed E-state index contributed by atoms with van der Waals surface area (Å²) in [5.74, 6) is 0.925.